The fourth-order valence-corrected chi connectivity index (χ4v) is 5.12. The molecular formula is C12H13ClFNO3S2. The van der Waals surface area contributed by atoms with Gasteiger partial charge in [-0.05, 0) is 24.3 Å². The summed E-state index contributed by atoms with van der Waals surface area (Å²) in [6.45, 7) is 0. The molecule has 0 aliphatic carbocycles. The Kier molecular flexibility index (Phi) is 4.93. The van der Waals surface area contributed by atoms with Crippen LogP contribution >= 0.6 is 23.4 Å². The van der Waals surface area contributed by atoms with E-state index in [0.717, 1.165) is 4.90 Å². The third kappa shape index (κ3) is 4.36. The highest BCUT2D eigenvalue weighted by Gasteiger charge is 2.37. The third-order valence-electron chi connectivity index (χ3n) is 2.81. The minimum absolute atomic E-state index is 0.107. The fourth-order valence-electron chi connectivity index (χ4n) is 1.87. The second-order valence-corrected chi connectivity index (χ2v) is 8.27. The van der Waals surface area contributed by atoms with Crippen LogP contribution in [-0.2, 0) is 14.6 Å². The van der Waals surface area contributed by atoms with E-state index in [0.29, 0.717) is 0 Å². The van der Waals surface area contributed by atoms with Crippen molar-refractivity contribution in [2.45, 2.75) is 16.3 Å². The first-order valence-electron chi connectivity index (χ1n) is 5.88. The van der Waals surface area contributed by atoms with Gasteiger partial charge < -0.3 is 5.32 Å². The molecule has 1 aliphatic heterocycles. The SMILES string of the molecule is O=C(CSc1ccc(F)cc1)N[C@@H]1CS(=O)(=O)C[C@@H]1Cl. The van der Waals surface area contributed by atoms with Gasteiger partial charge in [0.15, 0.2) is 9.84 Å². The monoisotopic (exact) mass is 337 g/mol. The van der Waals surface area contributed by atoms with Gasteiger partial charge in [0.25, 0.3) is 0 Å². The standard InChI is InChI=1S/C12H13ClFNO3S2/c13-10-6-20(17,18)7-11(10)15-12(16)5-19-9-3-1-8(14)2-4-9/h1-4,10-11H,5-7H2,(H,15,16)/t10-,11+/m0/s1. The Morgan fingerprint density at radius 2 is 2.00 bits per heavy atom. The number of alkyl halides is 1. The minimum atomic E-state index is -3.16. The summed E-state index contributed by atoms with van der Waals surface area (Å²) in [7, 11) is -3.16. The number of sulfone groups is 1. The molecule has 2 atom stereocenters. The van der Waals surface area contributed by atoms with Gasteiger partial charge in [-0.25, -0.2) is 12.8 Å². The highest BCUT2D eigenvalue weighted by molar-refractivity contribution is 8.00. The Balaban J connectivity index is 1.83. The molecule has 4 nitrogen and oxygen atoms in total. The second-order valence-electron chi connectivity index (χ2n) is 4.51. The lowest BCUT2D eigenvalue weighted by Crippen LogP contribution is -2.41. The lowest BCUT2D eigenvalue weighted by atomic mass is 10.2. The van der Waals surface area contributed by atoms with Crippen molar-refractivity contribution in [1.82, 2.24) is 5.32 Å². The molecule has 1 saturated heterocycles. The molecule has 1 aromatic carbocycles. The van der Waals surface area contributed by atoms with Crippen molar-refractivity contribution in [2.75, 3.05) is 17.3 Å². The maximum absolute atomic E-state index is 12.7. The van der Waals surface area contributed by atoms with Crippen LogP contribution in [0.15, 0.2) is 29.2 Å². The molecule has 2 rings (SSSR count). The van der Waals surface area contributed by atoms with Crippen LogP contribution in [0.1, 0.15) is 0 Å². The van der Waals surface area contributed by atoms with E-state index in [1.807, 2.05) is 0 Å². The van der Waals surface area contributed by atoms with E-state index in [4.69, 9.17) is 11.6 Å². The number of benzene rings is 1. The van der Waals surface area contributed by atoms with E-state index >= 15 is 0 Å². The Labute approximate surface area is 126 Å². The average Bonchev–Trinajstić information content (AvgIpc) is 2.61. The van der Waals surface area contributed by atoms with Crippen molar-refractivity contribution in [2.24, 2.45) is 0 Å². The first-order valence-corrected chi connectivity index (χ1v) is 9.12. The van der Waals surface area contributed by atoms with E-state index in [1.165, 1.54) is 23.9 Å². The molecule has 0 unspecified atom stereocenters. The maximum Gasteiger partial charge on any atom is 0.230 e. The quantitative estimate of drug-likeness (QED) is 0.667. The largest absolute Gasteiger partial charge is 0.350 e. The summed E-state index contributed by atoms with van der Waals surface area (Å²) >= 11 is 7.15. The zero-order chi connectivity index (χ0) is 14.8. The molecule has 1 aromatic rings. The first kappa shape index (κ1) is 15.6. The molecule has 0 radical (unpaired) electrons. The van der Waals surface area contributed by atoms with E-state index in [-0.39, 0.29) is 29.0 Å². The number of hydrogen-bond acceptors (Lipinski definition) is 4. The molecule has 1 heterocycles. The summed E-state index contributed by atoms with van der Waals surface area (Å²) in [5, 5.41) is 2.04. The lowest BCUT2D eigenvalue weighted by Gasteiger charge is -2.14. The summed E-state index contributed by atoms with van der Waals surface area (Å²) in [5.74, 6) is -0.711. The molecule has 0 saturated carbocycles. The van der Waals surface area contributed by atoms with Gasteiger partial charge in [0.2, 0.25) is 5.91 Å². The first-order chi connectivity index (χ1) is 9.35. The average molecular weight is 338 g/mol. The van der Waals surface area contributed by atoms with Crippen LogP contribution in [0.2, 0.25) is 0 Å². The molecular weight excluding hydrogens is 325 g/mol. The number of thioether (sulfide) groups is 1. The van der Waals surface area contributed by atoms with Crippen LogP contribution < -0.4 is 5.32 Å². The van der Waals surface area contributed by atoms with Crippen molar-refractivity contribution in [3.63, 3.8) is 0 Å². The molecule has 0 bridgehead atoms. The summed E-state index contributed by atoms with van der Waals surface area (Å²) < 4.78 is 35.4. The van der Waals surface area contributed by atoms with Crippen molar-refractivity contribution < 1.29 is 17.6 Å². The second kappa shape index (κ2) is 6.32. The number of halogens is 2. The van der Waals surface area contributed by atoms with Gasteiger partial charge in [-0.15, -0.1) is 23.4 Å². The van der Waals surface area contributed by atoms with Crippen LogP contribution in [0.4, 0.5) is 4.39 Å². The Hall–Kier alpha value is -0.790. The van der Waals surface area contributed by atoms with Crippen LogP contribution in [0.5, 0.6) is 0 Å². The van der Waals surface area contributed by atoms with E-state index in [2.05, 4.69) is 5.32 Å². The van der Waals surface area contributed by atoms with Crippen molar-refractivity contribution in [3.8, 4) is 0 Å². The number of rotatable bonds is 4. The van der Waals surface area contributed by atoms with Crippen LogP contribution in [0, 0.1) is 5.82 Å². The number of hydrogen-bond donors (Lipinski definition) is 1. The topological polar surface area (TPSA) is 63.2 Å². The molecule has 0 aromatic heterocycles. The fraction of sp³-hybridized carbons (Fsp3) is 0.417. The van der Waals surface area contributed by atoms with Gasteiger partial charge in [0, 0.05) is 4.90 Å². The third-order valence-corrected chi connectivity index (χ3v) is 6.20. The van der Waals surface area contributed by atoms with Gasteiger partial charge in [-0.2, -0.15) is 0 Å². The van der Waals surface area contributed by atoms with Gasteiger partial charge in [-0.1, -0.05) is 0 Å². The summed E-state index contributed by atoms with van der Waals surface area (Å²) in [4.78, 5) is 12.5. The zero-order valence-corrected chi connectivity index (χ0v) is 12.8. The molecule has 1 amide bonds. The van der Waals surface area contributed by atoms with Crippen molar-refractivity contribution in [3.05, 3.63) is 30.1 Å². The van der Waals surface area contributed by atoms with Crippen molar-refractivity contribution in [1.29, 1.82) is 0 Å². The lowest BCUT2D eigenvalue weighted by molar-refractivity contribution is -0.119. The number of nitrogens with one attached hydrogen (secondary N) is 1. The van der Waals surface area contributed by atoms with E-state index in [1.54, 1.807) is 12.1 Å². The molecule has 0 spiro atoms. The molecule has 20 heavy (non-hydrogen) atoms. The molecule has 110 valence electrons. The highest BCUT2D eigenvalue weighted by Crippen LogP contribution is 2.20. The molecule has 1 N–H and O–H groups in total. The Bertz CT molecular complexity index is 591. The molecule has 8 heteroatoms. The van der Waals surface area contributed by atoms with E-state index < -0.39 is 21.3 Å². The number of carbonyl (C=O) groups is 1. The van der Waals surface area contributed by atoms with Gasteiger partial charge in [0.1, 0.15) is 5.82 Å². The van der Waals surface area contributed by atoms with Gasteiger partial charge >= 0.3 is 0 Å². The van der Waals surface area contributed by atoms with Crippen LogP contribution in [0.3, 0.4) is 0 Å². The van der Waals surface area contributed by atoms with Gasteiger partial charge in [-0.3, -0.25) is 4.79 Å². The Morgan fingerprint density at radius 1 is 1.35 bits per heavy atom. The zero-order valence-electron chi connectivity index (χ0n) is 10.4. The van der Waals surface area contributed by atoms with Crippen LogP contribution in [0.25, 0.3) is 0 Å². The Morgan fingerprint density at radius 3 is 2.55 bits per heavy atom. The normalized spacial score (nSPS) is 24.5. The highest BCUT2D eigenvalue weighted by atomic mass is 35.5. The molecule has 1 fully saturated rings. The molecule has 1 aliphatic rings. The van der Waals surface area contributed by atoms with Crippen molar-refractivity contribution >= 4 is 39.1 Å². The van der Waals surface area contributed by atoms with Crippen LogP contribution in [-0.4, -0.2) is 43.0 Å². The van der Waals surface area contributed by atoms with Gasteiger partial charge in [0.05, 0.1) is 28.7 Å². The van der Waals surface area contributed by atoms with E-state index in [9.17, 15) is 17.6 Å². The summed E-state index contributed by atoms with van der Waals surface area (Å²) in [5.41, 5.74) is 0. The number of carbonyl (C=O) groups excluding carboxylic acids is 1. The predicted molar refractivity (Wildman–Crippen MR) is 77.3 cm³/mol. The number of amides is 1. The summed E-state index contributed by atoms with van der Waals surface area (Å²) in [6.07, 6.45) is 0. The smallest absolute Gasteiger partial charge is 0.230 e. The predicted octanol–water partition coefficient (Wildman–Crippen LogP) is 1.44. The summed E-state index contributed by atoms with van der Waals surface area (Å²) in [6, 6.07) is 5.26. The maximum atomic E-state index is 12.7. The minimum Gasteiger partial charge on any atom is -0.350 e.